The van der Waals surface area contributed by atoms with Gasteiger partial charge in [0.25, 0.3) is 0 Å². The maximum absolute atomic E-state index is 11.9. The number of nitrogens with zero attached hydrogens (tertiary/aromatic N) is 1. The lowest BCUT2D eigenvalue weighted by Crippen LogP contribution is -2.35. The summed E-state index contributed by atoms with van der Waals surface area (Å²) in [6.07, 6.45) is 5.10. The molecule has 2 aliphatic carbocycles. The first kappa shape index (κ1) is 9.09. The van der Waals surface area contributed by atoms with Crippen LogP contribution in [0.5, 0.6) is 0 Å². The van der Waals surface area contributed by atoms with Crippen LogP contribution in [0.25, 0.3) is 0 Å². The summed E-state index contributed by atoms with van der Waals surface area (Å²) in [5.74, 6) is 0.130. The standard InChI is InChI=1S/C11H13NO3/c13-4-3-12-10(14)8-6-1-2-7(5-6)9(8)11(12)15/h1-2,6-9,13H,3-5H2/t6-,7-,8-,9-/m1/s1. The van der Waals surface area contributed by atoms with E-state index in [9.17, 15) is 9.59 Å². The Hall–Kier alpha value is -1.16. The van der Waals surface area contributed by atoms with E-state index in [1.165, 1.54) is 4.90 Å². The van der Waals surface area contributed by atoms with Crippen LogP contribution in [0.2, 0.25) is 0 Å². The van der Waals surface area contributed by atoms with E-state index in [4.69, 9.17) is 5.11 Å². The summed E-state index contributed by atoms with van der Waals surface area (Å²) >= 11 is 0. The van der Waals surface area contributed by atoms with Crippen LogP contribution < -0.4 is 0 Å². The number of likely N-dealkylation sites (tertiary alicyclic amines) is 1. The van der Waals surface area contributed by atoms with Crippen LogP contribution in [-0.2, 0) is 9.59 Å². The number of amides is 2. The van der Waals surface area contributed by atoms with Crippen molar-refractivity contribution in [2.24, 2.45) is 23.7 Å². The number of aliphatic hydroxyl groups excluding tert-OH is 1. The SMILES string of the molecule is O=C1[C@H]2[C@H](C(=O)N1CCO)[C@@H]1C=C[C@@H]2C1. The molecule has 3 aliphatic rings. The van der Waals surface area contributed by atoms with Crippen molar-refractivity contribution in [1.82, 2.24) is 4.90 Å². The van der Waals surface area contributed by atoms with E-state index in [-0.39, 0.29) is 48.6 Å². The molecule has 4 nitrogen and oxygen atoms in total. The first-order chi connectivity index (χ1) is 7.24. The van der Waals surface area contributed by atoms with Gasteiger partial charge in [-0.2, -0.15) is 0 Å². The molecule has 3 rings (SSSR count). The highest BCUT2D eigenvalue weighted by Crippen LogP contribution is 2.52. The van der Waals surface area contributed by atoms with Gasteiger partial charge < -0.3 is 5.11 Å². The quantitative estimate of drug-likeness (QED) is 0.503. The Morgan fingerprint density at radius 3 is 2.20 bits per heavy atom. The van der Waals surface area contributed by atoms with Gasteiger partial charge in [0.15, 0.2) is 0 Å². The number of carbonyl (C=O) groups excluding carboxylic acids is 2. The number of fused-ring (bicyclic) bond motifs is 5. The molecule has 15 heavy (non-hydrogen) atoms. The van der Waals surface area contributed by atoms with Crippen molar-refractivity contribution in [3.8, 4) is 0 Å². The Morgan fingerprint density at radius 2 is 1.73 bits per heavy atom. The van der Waals surface area contributed by atoms with Crippen LogP contribution in [-0.4, -0.2) is 35.0 Å². The molecule has 1 heterocycles. The Labute approximate surface area is 87.6 Å². The fourth-order valence-electron chi connectivity index (χ4n) is 3.28. The van der Waals surface area contributed by atoms with Crippen molar-refractivity contribution >= 4 is 11.8 Å². The van der Waals surface area contributed by atoms with E-state index < -0.39 is 0 Å². The number of rotatable bonds is 2. The summed E-state index contributed by atoms with van der Waals surface area (Å²) in [6, 6.07) is 0. The molecule has 1 saturated heterocycles. The van der Waals surface area contributed by atoms with Crippen LogP contribution in [0.15, 0.2) is 12.2 Å². The van der Waals surface area contributed by atoms with Gasteiger partial charge >= 0.3 is 0 Å². The molecule has 4 atom stereocenters. The molecule has 0 aromatic rings. The summed E-state index contributed by atoms with van der Waals surface area (Å²) in [4.78, 5) is 25.1. The van der Waals surface area contributed by atoms with Crippen molar-refractivity contribution in [2.45, 2.75) is 6.42 Å². The molecule has 0 aromatic heterocycles. The Morgan fingerprint density at radius 1 is 1.20 bits per heavy atom. The number of β-amino-alcohol motifs (C(OH)–C–C–N with tert-alkyl or cyclic N) is 1. The molecule has 1 N–H and O–H groups in total. The second-order valence-corrected chi connectivity index (χ2v) is 4.55. The normalized spacial score (nSPS) is 41.8. The third-order valence-corrected chi connectivity index (χ3v) is 3.89. The molecule has 2 amide bonds. The van der Waals surface area contributed by atoms with E-state index in [1.54, 1.807) is 0 Å². The largest absolute Gasteiger partial charge is 0.395 e. The van der Waals surface area contributed by atoms with Crippen LogP contribution in [0.1, 0.15) is 6.42 Å². The lowest BCUT2D eigenvalue weighted by atomic mass is 9.85. The Balaban J connectivity index is 1.93. The molecular weight excluding hydrogens is 194 g/mol. The second-order valence-electron chi connectivity index (χ2n) is 4.55. The zero-order chi connectivity index (χ0) is 10.6. The number of aliphatic hydroxyl groups is 1. The molecule has 2 fully saturated rings. The molecule has 80 valence electrons. The zero-order valence-electron chi connectivity index (χ0n) is 8.30. The predicted octanol–water partition coefficient (Wildman–Crippen LogP) is -0.214. The van der Waals surface area contributed by atoms with Crippen LogP contribution in [0, 0.1) is 23.7 Å². The number of imide groups is 1. The highest BCUT2D eigenvalue weighted by atomic mass is 16.3. The number of allylic oxidation sites excluding steroid dienone is 2. The summed E-state index contributed by atoms with van der Waals surface area (Å²) in [5.41, 5.74) is 0. The van der Waals surface area contributed by atoms with Crippen LogP contribution >= 0.6 is 0 Å². The van der Waals surface area contributed by atoms with Crippen LogP contribution in [0.4, 0.5) is 0 Å². The molecule has 2 bridgehead atoms. The average Bonchev–Trinajstić information content (AvgIpc) is 2.87. The number of carbonyl (C=O) groups is 2. The fourth-order valence-corrected chi connectivity index (χ4v) is 3.28. The van der Waals surface area contributed by atoms with Gasteiger partial charge in [-0.25, -0.2) is 0 Å². The molecule has 0 aromatic carbocycles. The van der Waals surface area contributed by atoms with Crippen LogP contribution in [0.3, 0.4) is 0 Å². The fraction of sp³-hybridized carbons (Fsp3) is 0.636. The lowest BCUT2D eigenvalue weighted by molar-refractivity contribution is -0.141. The smallest absolute Gasteiger partial charge is 0.233 e. The maximum atomic E-state index is 11.9. The average molecular weight is 207 g/mol. The van der Waals surface area contributed by atoms with Crippen molar-refractivity contribution in [1.29, 1.82) is 0 Å². The monoisotopic (exact) mass is 207 g/mol. The van der Waals surface area contributed by atoms with Gasteiger partial charge in [-0.05, 0) is 18.3 Å². The van der Waals surface area contributed by atoms with E-state index in [1.807, 2.05) is 0 Å². The van der Waals surface area contributed by atoms with Gasteiger partial charge in [-0.15, -0.1) is 0 Å². The van der Waals surface area contributed by atoms with Crippen molar-refractivity contribution in [3.05, 3.63) is 12.2 Å². The van der Waals surface area contributed by atoms with E-state index >= 15 is 0 Å². The summed E-state index contributed by atoms with van der Waals surface area (Å²) in [7, 11) is 0. The Bertz CT molecular complexity index is 333. The first-order valence-electron chi connectivity index (χ1n) is 5.38. The molecule has 0 radical (unpaired) electrons. The van der Waals surface area contributed by atoms with Crippen molar-refractivity contribution in [2.75, 3.05) is 13.2 Å². The second kappa shape index (κ2) is 2.92. The molecule has 0 unspecified atom stereocenters. The summed E-state index contributed by atoms with van der Waals surface area (Å²) in [5, 5.41) is 8.81. The topological polar surface area (TPSA) is 57.6 Å². The van der Waals surface area contributed by atoms with Gasteiger partial charge in [0.05, 0.1) is 25.0 Å². The zero-order valence-corrected chi connectivity index (χ0v) is 8.30. The minimum atomic E-state index is -0.139. The Kier molecular flexibility index (Phi) is 1.77. The molecule has 4 heteroatoms. The lowest BCUT2D eigenvalue weighted by Gasteiger charge is -2.15. The highest BCUT2D eigenvalue weighted by molar-refractivity contribution is 6.06. The summed E-state index contributed by atoms with van der Waals surface area (Å²) < 4.78 is 0. The van der Waals surface area contributed by atoms with Gasteiger partial charge in [-0.3, -0.25) is 14.5 Å². The minimum Gasteiger partial charge on any atom is -0.395 e. The molecular formula is C11H13NO3. The van der Waals surface area contributed by atoms with Gasteiger partial charge in [0.2, 0.25) is 11.8 Å². The van der Waals surface area contributed by atoms with Crippen molar-refractivity contribution < 1.29 is 14.7 Å². The third-order valence-electron chi connectivity index (χ3n) is 3.89. The number of hydrogen-bond donors (Lipinski definition) is 1. The number of hydrogen-bond acceptors (Lipinski definition) is 3. The third kappa shape index (κ3) is 1.00. The first-order valence-corrected chi connectivity index (χ1v) is 5.38. The van der Waals surface area contributed by atoms with Gasteiger partial charge in [0.1, 0.15) is 0 Å². The highest BCUT2D eigenvalue weighted by Gasteiger charge is 2.58. The van der Waals surface area contributed by atoms with E-state index in [2.05, 4.69) is 12.2 Å². The molecule has 1 saturated carbocycles. The maximum Gasteiger partial charge on any atom is 0.233 e. The minimum absolute atomic E-state index is 0.0732. The predicted molar refractivity (Wildman–Crippen MR) is 51.5 cm³/mol. The summed E-state index contributed by atoms with van der Waals surface area (Å²) in [6.45, 7) is 0.0176. The van der Waals surface area contributed by atoms with E-state index in [0.29, 0.717) is 0 Å². The molecule has 1 aliphatic heterocycles. The molecule has 0 spiro atoms. The van der Waals surface area contributed by atoms with Crippen molar-refractivity contribution in [3.63, 3.8) is 0 Å². The van der Waals surface area contributed by atoms with E-state index in [0.717, 1.165) is 6.42 Å². The van der Waals surface area contributed by atoms with Gasteiger partial charge in [0, 0.05) is 0 Å². The van der Waals surface area contributed by atoms with Gasteiger partial charge in [-0.1, -0.05) is 12.2 Å².